The summed E-state index contributed by atoms with van der Waals surface area (Å²) in [6.07, 6.45) is 0.816. The highest BCUT2D eigenvalue weighted by atomic mass is 35.5. The molecule has 3 N–H and O–H groups in total. The van der Waals surface area contributed by atoms with Gasteiger partial charge in [-0.05, 0) is 47.2 Å². The second-order valence-corrected chi connectivity index (χ2v) is 7.95. The van der Waals surface area contributed by atoms with E-state index in [-0.39, 0.29) is 23.7 Å². The summed E-state index contributed by atoms with van der Waals surface area (Å²) in [4.78, 5) is 13.1. The Hall–Kier alpha value is -1.65. The van der Waals surface area contributed by atoms with Crippen LogP contribution in [0.25, 0.3) is 0 Å². The van der Waals surface area contributed by atoms with Crippen LogP contribution in [0.2, 0.25) is 0 Å². The highest BCUT2D eigenvalue weighted by Crippen LogP contribution is 2.25. The van der Waals surface area contributed by atoms with Gasteiger partial charge in [-0.25, -0.2) is 0 Å². The highest BCUT2D eigenvalue weighted by molar-refractivity contribution is 8.00. The van der Waals surface area contributed by atoms with Crippen molar-refractivity contribution in [2.45, 2.75) is 37.5 Å². The summed E-state index contributed by atoms with van der Waals surface area (Å²) in [7, 11) is 0. The van der Waals surface area contributed by atoms with Gasteiger partial charge in [-0.1, -0.05) is 45.0 Å². The van der Waals surface area contributed by atoms with E-state index in [2.05, 4.69) is 50.4 Å². The average Bonchev–Trinajstić information content (AvgIpc) is 2.54. The first-order valence-electron chi connectivity index (χ1n) is 8.19. The summed E-state index contributed by atoms with van der Waals surface area (Å²) in [5.74, 6) is 0.506. The first-order chi connectivity index (χ1) is 11.3. The lowest BCUT2D eigenvalue weighted by Gasteiger charge is -2.19. The lowest BCUT2D eigenvalue weighted by molar-refractivity contribution is -0.118. The van der Waals surface area contributed by atoms with E-state index < -0.39 is 0 Å². The molecule has 0 aromatic heterocycles. The zero-order chi connectivity index (χ0) is 17.6. The number of halogens is 1. The molecule has 25 heavy (non-hydrogen) atoms. The van der Waals surface area contributed by atoms with Crippen LogP contribution in [-0.4, -0.2) is 18.2 Å². The first kappa shape index (κ1) is 21.4. The van der Waals surface area contributed by atoms with Gasteiger partial charge < -0.3 is 11.1 Å². The van der Waals surface area contributed by atoms with Crippen molar-refractivity contribution in [2.75, 3.05) is 18.0 Å². The molecule has 0 fully saturated rings. The van der Waals surface area contributed by atoms with E-state index in [1.807, 2.05) is 24.3 Å². The predicted octanol–water partition coefficient (Wildman–Crippen LogP) is 4.44. The number of nitrogen functional groups attached to an aromatic ring is 1. The topological polar surface area (TPSA) is 55.1 Å². The summed E-state index contributed by atoms with van der Waals surface area (Å²) in [6, 6.07) is 16.2. The molecule has 0 aliphatic heterocycles. The van der Waals surface area contributed by atoms with Gasteiger partial charge in [0.1, 0.15) is 0 Å². The van der Waals surface area contributed by atoms with E-state index in [4.69, 9.17) is 5.73 Å². The van der Waals surface area contributed by atoms with E-state index in [1.54, 1.807) is 11.8 Å². The monoisotopic (exact) mass is 378 g/mol. The number of thioether (sulfide) groups is 1. The zero-order valence-corrected chi connectivity index (χ0v) is 16.7. The number of hydrogen-bond donors (Lipinski definition) is 2. The third kappa shape index (κ3) is 7.41. The van der Waals surface area contributed by atoms with Crippen molar-refractivity contribution >= 4 is 35.8 Å². The van der Waals surface area contributed by atoms with Crippen LogP contribution < -0.4 is 11.1 Å². The van der Waals surface area contributed by atoms with Crippen LogP contribution in [-0.2, 0) is 16.6 Å². The van der Waals surface area contributed by atoms with E-state index in [9.17, 15) is 4.79 Å². The molecule has 3 nitrogen and oxygen atoms in total. The van der Waals surface area contributed by atoms with Crippen molar-refractivity contribution in [3.63, 3.8) is 0 Å². The molecule has 0 aliphatic rings. The van der Waals surface area contributed by atoms with Gasteiger partial charge in [-0.15, -0.1) is 24.2 Å². The van der Waals surface area contributed by atoms with Gasteiger partial charge in [-0.2, -0.15) is 0 Å². The Morgan fingerprint density at radius 2 is 1.64 bits per heavy atom. The minimum Gasteiger partial charge on any atom is -0.399 e. The second-order valence-electron chi connectivity index (χ2n) is 6.90. The van der Waals surface area contributed by atoms with Crippen LogP contribution in [0.3, 0.4) is 0 Å². The van der Waals surface area contributed by atoms with Gasteiger partial charge in [0, 0.05) is 17.1 Å². The number of carbonyl (C=O) groups is 1. The fourth-order valence-electron chi connectivity index (χ4n) is 2.28. The SMILES string of the molecule is CC(C)(C)c1ccc(SCC(=O)NCCc2ccc(N)cc2)cc1.Cl. The summed E-state index contributed by atoms with van der Waals surface area (Å²) in [6.45, 7) is 7.24. The van der Waals surface area contributed by atoms with E-state index >= 15 is 0 Å². The Balaban J connectivity index is 0.00000312. The minimum atomic E-state index is 0. The number of anilines is 1. The quantitative estimate of drug-likeness (QED) is 0.577. The van der Waals surface area contributed by atoms with Crippen LogP contribution in [0.1, 0.15) is 31.9 Å². The molecule has 0 radical (unpaired) electrons. The molecular formula is C20H27ClN2OS. The lowest BCUT2D eigenvalue weighted by atomic mass is 9.87. The van der Waals surface area contributed by atoms with Crippen molar-refractivity contribution in [1.82, 2.24) is 5.32 Å². The smallest absolute Gasteiger partial charge is 0.230 e. The summed E-state index contributed by atoms with van der Waals surface area (Å²) >= 11 is 1.57. The molecular weight excluding hydrogens is 352 g/mol. The molecule has 0 atom stereocenters. The van der Waals surface area contributed by atoms with E-state index in [1.165, 1.54) is 11.1 Å². The molecule has 2 aromatic carbocycles. The van der Waals surface area contributed by atoms with Crippen molar-refractivity contribution in [2.24, 2.45) is 0 Å². The van der Waals surface area contributed by atoms with Gasteiger partial charge in [0.05, 0.1) is 5.75 Å². The molecule has 2 aromatic rings. The van der Waals surface area contributed by atoms with Gasteiger partial charge in [0.2, 0.25) is 5.91 Å². The normalized spacial score (nSPS) is 10.8. The van der Waals surface area contributed by atoms with Gasteiger partial charge in [-0.3, -0.25) is 4.79 Å². The van der Waals surface area contributed by atoms with Crippen molar-refractivity contribution in [3.8, 4) is 0 Å². The Labute approximate surface area is 161 Å². The maximum absolute atomic E-state index is 11.9. The number of hydrogen-bond acceptors (Lipinski definition) is 3. The third-order valence-electron chi connectivity index (χ3n) is 3.81. The van der Waals surface area contributed by atoms with Crippen molar-refractivity contribution in [1.29, 1.82) is 0 Å². The molecule has 0 spiro atoms. The fourth-order valence-corrected chi connectivity index (χ4v) is 3.01. The molecule has 0 aliphatic carbocycles. The van der Waals surface area contributed by atoms with Crippen molar-refractivity contribution < 1.29 is 4.79 Å². The zero-order valence-electron chi connectivity index (χ0n) is 15.0. The average molecular weight is 379 g/mol. The second kappa shape index (κ2) is 9.73. The molecule has 0 bridgehead atoms. The fraction of sp³-hybridized carbons (Fsp3) is 0.350. The number of nitrogens with two attached hydrogens (primary N) is 1. The number of rotatable bonds is 6. The summed E-state index contributed by atoms with van der Waals surface area (Å²) < 4.78 is 0. The predicted molar refractivity (Wildman–Crippen MR) is 111 cm³/mol. The van der Waals surface area contributed by atoms with Gasteiger partial charge >= 0.3 is 0 Å². The van der Waals surface area contributed by atoms with Crippen LogP contribution >= 0.6 is 24.2 Å². The maximum atomic E-state index is 11.9. The van der Waals surface area contributed by atoms with Gasteiger partial charge in [0.15, 0.2) is 0 Å². The molecule has 1 amide bonds. The number of carbonyl (C=O) groups excluding carboxylic acids is 1. The first-order valence-corrected chi connectivity index (χ1v) is 9.17. The Morgan fingerprint density at radius 3 is 2.20 bits per heavy atom. The molecule has 0 saturated heterocycles. The van der Waals surface area contributed by atoms with Crippen molar-refractivity contribution in [3.05, 3.63) is 59.7 Å². The van der Waals surface area contributed by atoms with Gasteiger partial charge in [0.25, 0.3) is 0 Å². The molecule has 5 heteroatoms. The number of nitrogens with one attached hydrogen (secondary N) is 1. The number of amides is 1. The Kier molecular flexibility index (Phi) is 8.33. The standard InChI is InChI=1S/C20H26N2OS.ClH/c1-20(2,3)16-6-10-18(11-7-16)24-14-19(23)22-13-12-15-4-8-17(21)9-5-15;/h4-11H,12-14,21H2,1-3H3,(H,22,23);1H. The molecule has 0 unspecified atom stereocenters. The molecule has 0 saturated carbocycles. The van der Waals surface area contributed by atoms with Crippen LogP contribution in [0.4, 0.5) is 5.69 Å². The Bertz CT molecular complexity index is 664. The highest BCUT2D eigenvalue weighted by Gasteiger charge is 2.13. The Morgan fingerprint density at radius 1 is 1.04 bits per heavy atom. The summed E-state index contributed by atoms with van der Waals surface area (Å²) in [5, 5.41) is 2.96. The third-order valence-corrected chi connectivity index (χ3v) is 4.82. The summed E-state index contributed by atoms with van der Waals surface area (Å²) in [5.41, 5.74) is 9.06. The maximum Gasteiger partial charge on any atom is 0.230 e. The minimum absolute atomic E-state index is 0. The van der Waals surface area contributed by atoms with Crippen LogP contribution in [0.15, 0.2) is 53.4 Å². The molecule has 136 valence electrons. The largest absolute Gasteiger partial charge is 0.399 e. The van der Waals surface area contributed by atoms with E-state index in [0.717, 1.165) is 17.0 Å². The van der Waals surface area contributed by atoms with Crippen LogP contribution in [0, 0.1) is 0 Å². The van der Waals surface area contributed by atoms with E-state index in [0.29, 0.717) is 12.3 Å². The number of benzene rings is 2. The molecule has 0 heterocycles. The lowest BCUT2D eigenvalue weighted by Crippen LogP contribution is -2.27. The van der Waals surface area contributed by atoms with Crippen LogP contribution in [0.5, 0.6) is 0 Å². The molecule has 2 rings (SSSR count).